The molecule has 2 fully saturated rings. The summed E-state index contributed by atoms with van der Waals surface area (Å²) in [5.41, 5.74) is 1.70. The third-order valence-corrected chi connectivity index (χ3v) is 5.71. The number of rotatable bonds is 3. The monoisotopic (exact) mass is 384 g/mol. The van der Waals surface area contributed by atoms with Gasteiger partial charge in [-0.1, -0.05) is 6.07 Å². The van der Waals surface area contributed by atoms with Crippen molar-refractivity contribution in [1.82, 2.24) is 19.6 Å². The van der Waals surface area contributed by atoms with Crippen molar-refractivity contribution in [2.24, 2.45) is 17.8 Å². The first kappa shape index (κ1) is 18.8. The number of piperidine rings is 1. The number of likely N-dealkylation sites (tertiary alicyclic amines) is 1. The Balaban J connectivity index is 1.35. The molecule has 3 heterocycles. The molecule has 1 saturated carbocycles. The number of nitrogens with zero attached hydrogens (tertiary/aromatic N) is 3. The van der Waals surface area contributed by atoms with Gasteiger partial charge in [0.15, 0.2) is 0 Å². The maximum Gasteiger partial charge on any atom is 0.410 e. The Labute approximate surface area is 165 Å². The number of carbonyl (C=O) groups excluding carboxylic acids is 2. The van der Waals surface area contributed by atoms with Gasteiger partial charge in [-0.3, -0.25) is 4.79 Å². The van der Waals surface area contributed by atoms with E-state index in [9.17, 15) is 9.59 Å². The molecule has 28 heavy (non-hydrogen) atoms. The largest absolute Gasteiger partial charge is 0.444 e. The Morgan fingerprint density at radius 1 is 1.29 bits per heavy atom. The highest BCUT2D eigenvalue weighted by atomic mass is 16.6. The summed E-state index contributed by atoms with van der Waals surface area (Å²) >= 11 is 0. The standard InChI is InChI=1S/C21H28N4O3/c1-12-7-6-8-25-16(12)9-22-18(25)13(2)23-19(26)17-14-10-24(11-15(14)17)20(27)28-21(3,4)5/h6-9,13-15,17H,10-11H2,1-5H3,(H,23,26)/t13-,14-,15+,17?/m0/s1. The maximum atomic E-state index is 12.8. The van der Waals surface area contributed by atoms with Crippen LogP contribution in [0.4, 0.5) is 4.79 Å². The van der Waals surface area contributed by atoms with Gasteiger partial charge in [0.25, 0.3) is 0 Å². The number of aromatic nitrogens is 2. The fourth-order valence-corrected chi connectivity index (χ4v) is 4.27. The van der Waals surface area contributed by atoms with E-state index in [-0.39, 0.29) is 35.8 Å². The molecule has 1 N–H and O–H groups in total. The molecule has 2 aliphatic rings. The summed E-state index contributed by atoms with van der Waals surface area (Å²) in [6.45, 7) is 10.8. The first-order valence-corrected chi connectivity index (χ1v) is 9.86. The Bertz CT molecular complexity index is 917. The summed E-state index contributed by atoms with van der Waals surface area (Å²) < 4.78 is 7.45. The van der Waals surface area contributed by atoms with Gasteiger partial charge in [0.1, 0.15) is 11.4 Å². The second-order valence-electron chi connectivity index (χ2n) is 9.03. The maximum absolute atomic E-state index is 12.8. The van der Waals surface area contributed by atoms with Crippen LogP contribution in [-0.2, 0) is 9.53 Å². The van der Waals surface area contributed by atoms with E-state index < -0.39 is 5.60 Å². The zero-order valence-electron chi connectivity index (χ0n) is 17.1. The lowest BCUT2D eigenvalue weighted by Crippen LogP contribution is -2.39. The van der Waals surface area contributed by atoms with E-state index in [1.54, 1.807) is 4.90 Å². The van der Waals surface area contributed by atoms with Gasteiger partial charge in [0, 0.05) is 25.2 Å². The van der Waals surface area contributed by atoms with Crippen LogP contribution in [0.15, 0.2) is 24.5 Å². The zero-order chi connectivity index (χ0) is 20.2. The van der Waals surface area contributed by atoms with Crippen LogP contribution in [0.3, 0.4) is 0 Å². The van der Waals surface area contributed by atoms with Gasteiger partial charge >= 0.3 is 6.09 Å². The Kier molecular flexibility index (Phi) is 4.36. The first-order valence-electron chi connectivity index (χ1n) is 9.86. The van der Waals surface area contributed by atoms with Crippen molar-refractivity contribution in [2.45, 2.75) is 46.3 Å². The number of pyridine rings is 1. The van der Waals surface area contributed by atoms with Gasteiger partial charge in [0.05, 0.1) is 17.8 Å². The highest BCUT2D eigenvalue weighted by Crippen LogP contribution is 2.52. The topological polar surface area (TPSA) is 75.9 Å². The average molecular weight is 384 g/mol. The SMILES string of the molecule is Cc1cccn2c([C@H](C)NC(=O)C3[C@H]4CN(C(=O)OC(C)(C)C)C[C@@H]34)ncc12. The number of carbonyl (C=O) groups is 2. The predicted molar refractivity (Wildman–Crippen MR) is 105 cm³/mol. The summed E-state index contributed by atoms with van der Waals surface area (Å²) in [7, 11) is 0. The van der Waals surface area contributed by atoms with Crippen LogP contribution < -0.4 is 5.32 Å². The van der Waals surface area contributed by atoms with Gasteiger partial charge in [-0.05, 0) is 58.1 Å². The second kappa shape index (κ2) is 6.50. The molecule has 1 aliphatic heterocycles. The Morgan fingerprint density at radius 2 is 1.96 bits per heavy atom. The molecule has 2 amide bonds. The number of nitrogens with one attached hydrogen (secondary N) is 1. The number of aryl methyl sites for hydroxylation is 1. The van der Waals surface area contributed by atoms with Gasteiger partial charge in [-0.25, -0.2) is 9.78 Å². The van der Waals surface area contributed by atoms with E-state index in [4.69, 9.17) is 4.74 Å². The molecule has 4 atom stereocenters. The molecule has 0 radical (unpaired) electrons. The van der Waals surface area contributed by atoms with Crippen molar-refractivity contribution >= 4 is 17.5 Å². The summed E-state index contributed by atoms with van der Waals surface area (Å²) in [6.07, 6.45) is 3.53. The molecule has 0 spiro atoms. The van der Waals surface area contributed by atoms with Crippen LogP contribution >= 0.6 is 0 Å². The van der Waals surface area contributed by atoms with Crippen molar-refractivity contribution in [3.8, 4) is 0 Å². The van der Waals surface area contributed by atoms with Gasteiger partial charge in [-0.2, -0.15) is 0 Å². The summed E-state index contributed by atoms with van der Waals surface area (Å²) in [4.78, 5) is 31.2. The average Bonchev–Trinajstić information content (AvgIpc) is 2.96. The molecular weight excluding hydrogens is 356 g/mol. The third kappa shape index (κ3) is 3.34. The van der Waals surface area contributed by atoms with Crippen molar-refractivity contribution in [3.05, 3.63) is 35.9 Å². The number of ether oxygens (including phenoxy) is 1. The smallest absolute Gasteiger partial charge is 0.410 e. The minimum Gasteiger partial charge on any atom is -0.444 e. The molecule has 150 valence electrons. The van der Waals surface area contributed by atoms with Crippen LogP contribution in [0.2, 0.25) is 0 Å². The molecular formula is C21H28N4O3. The third-order valence-electron chi connectivity index (χ3n) is 5.71. The molecule has 1 unspecified atom stereocenters. The molecule has 2 aromatic rings. The van der Waals surface area contributed by atoms with Gasteiger partial charge in [0.2, 0.25) is 5.91 Å². The minimum absolute atomic E-state index is 0.0194. The lowest BCUT2D eigenvalue weighted by Gasteiger charge is -2.26. The van der Waals surface area contributed by atoms with Gasteiger partial charge in [-0.15, -0.1) is 0 Å². The number of fused-ring (bicyclic) bond motifs is 2. The van der Waals surface area contributed by atoms with Crippen molar-refractivity contribution in [3.63, 3.8) is 0 Å². The molecule has 1 aliphatic carbocycles. The van der Waals surface area contributed by atoms with E-state index in [2.05, 4.69) is 10.3 Å². The Morgan fingerprint density at radius 3 is 2.61 bits per heavy atom. The van der Waals surface area contributed by atoms with Crippen molar-refractivity contribution in [2.75, 3.05) is 13.1 Å². The van der Waals surface area contributed by atoms with Crippen LogP contribution in [0, 0.1) is 24.7 Å². The van der Waals surface area contributed by atoms with E-state index >= 15 is 0 Å². The molecule has 2 aromatic heterocycles. The van der Waals surface area contributed by atoms with E-state index in [1.165, 1.54) is 0 Å². The fraction of sp³-hybridized carbons (Fsp3) is 0.571. The van der Waals surface area contributed by atoms with Crippen LogP contribution in [0.5, 0.6) is 0 Å². The highest BCUT2D eigenvalue weighted by molar-refractivity contribution is 5.83. The zero-order valence-corrected chi connectivity index (χ0v) is 17.1. The number of hydrogen-bond acceptors (Lipinski definition) is 4. The van der Waals surface area contributed by atoms with Crippen molar-refractivity contribution < 1.29 is 14.3 Å². The van der Waals surface area contributed by atoms with Gasteiger partial charge < -0.3 is 19.4 Å². The lowest BCUT2D eigenvalue weighted by molar-refractivity contribution is -0.124. The number of imidazole rings is 1. The summed E-state index contributed by atoms with van der Waals surface area (Å²) in [5.74, 6) is 1.33. The van der Waals surface area contributed by atoms with Crippen molar-refractivity contribution in [1.29, 1.82) is 0 Å². The molecule has 0 aromatic carbocycles. The molecule has 7 nitrogen and oxygen atoms in total. The van der Waals surface area contributed by atoms with E-state index in [1.807, 2.05) is 63.5 Å². The summed E-state index contributed by atoms with van der Waals surface area (Å²) in [6, 6.07) is 3.85. The molecule has 1 saturated heterocycles. The highest BCUT2D eigenvalue weighted by Gasteiger charge is 2.60. The normalized spacial score (nSPS) is 24.8. The van der Waals surface area contributed by atoms with E-state index in [0.717, 1.165) is 16.9 Å². The lowest BCUT2D eigenvalue weighted by atomic mass is 10.2. The Hall–Kier alpha value is -2.57. The first-order chi connectivity index (χ1) is 13.2. The molecule has 4 rings (SSSR count). The molecule has 7 heteroatoms. The number of hydrogen-bond donors (Lipinski definition) is 1. The van der Waals surface area contributed by atoms with Crippen LogP contribution in [0.1, 0.15) is 45.1 Å². The van der Waals surface area contributed by atoms with Crippen LogP contribution in [-0.4, -0.2) is 45.0 Å². The predicted octanol–water partition coefficient (Wildman–Crippen LogP) is 2.93. The number of amides is 2. The van der Waals surface area contributed by atoms with Crippen LogP contribution in [0.25, 0.3) is 5.52 Å². The molecule has 0 bridgehead atoms. The summed E-state index contributed by atoms with van der Waals surface area (Å²) in [5, 5.41) is 3.11. The minimum atomic E-state index is -0.499. The quantitative estimate of drug-likeness (QED) is 0.883. The fourth-order valence-electron chi connectivity index (χ4n) is 4.27. The van der Waals surface area contributed by atoms with E-state index in [0.29, 0.717) is 13.1 Å². The second-order valence-corrected chi connectivity index (χ2v) is 9.03.